The first kappa shape index (κ1) is 12.0. The largest absolute Gasteiger partial charge is 0.478 e. The average Bonchev–Trinajstić information content (AvgIpc) is 2.67. The van der Waals surface area contributed by atoms with E-state index in [1.807, 2.05) is 19.9 Å². The van der Waals surface area contributed by atoms with Crippen LogP contribution in [0.15, 0.2) is 24.3 Å². The first-order valence-corrected chi connectivity index (χ1v) is 5.53. The molecule has 0 amide bonds. The first-order valence-electron chi connectivity index (χ1n) is 5.53. The van der Waals surface area contributed by atoms with Gasteiger partial charge in [0.15, 0.2) is 0 Å². The zero-order chi connectivity index (χ0) is 13.3. The molecule has 2 N–H and O–H groups in total. The van der Waals surface area contributed by atoms with Crippen molar-refractivity contribution in [2.75, 3.05) is 0 Å². The number of hydrogen-bond acceptors (Lipinski definition) is 1. The molecule has 0 atom stereocenters. The lowest BCUT2D eigenvalue weighted by Crippen LogP contribution is -2.00. The summed E-state index contributed by atoms with van der Waals surface area (Å²) >= 11 is 0. The second-order valence-corrected chi connectivity index (χ2v) is 4.20. The smallest absolute Gasteiger partial charge is 0.336 e. The summed E-state index contributed by atoms with van der Waals surface area (Å²) in [6.45, 7) is 3.85. The number of H-pyrrole nitrogens is 1. The number of rotatable bonds is 2. The molecule has 3 heteroatoms. The molecule has 0 aliphatic rings. The Morgan fingerprint density at radius 2 is 2.00 bits per heavy atom. The van der Waals surface area contributed by atoms with Crippen LogP contribution in [0.2, 0.25) is 0 Å². The van der Waals surface area contributed by atoms with Crippen LogP contribution in [-0.2, 0) is 0 Å². The van der Waals surface area contributed by atoms with Crippen molar-refractivity contribution in [1.82, 2.24) is 4.98 Å². The summed E-state index contributed by atoms with van der Waals surface area (Å²) < 4.78 is 0. The fourth-order valence-electron chi connectivity index (χ4n) is 2.05. The number of carboxylic acids is 1. The summed E-state index contributed by atoms with van der Waals surface area (Å²) in [5.74, 6) is 1.57. The molecule has 2 aromatic rings. The summed E-state index contributed by atoms with van der Waals surface area (Å²) in [7, 11) is 0. The fourth-order valence-corrected chi connectivity index (χ4v) is 2.05. The summed E-state index contributed by atoms with van der Waals surface area (Å²) in [6.07, 6.45) is 5.36. The zero-order valence-corrected chi connectivity index (χ0v) is 10.2. The molecule has 0 spiro atoms. The molecule has 0 bridgehead atoms. The molecule has 0 saturated carbocycles. The lowest BCUT2D eigenvalue weighted by atomic mass is 9.97. The molecule has 0 aliphatic heterocycles. The van der Waals surface area contributed by atoms with Crippen molar-refractivity contribution in [1.29, 1.82) is 0 Å². The van der Waals surface area contributed by atoms with Gasteiger partial charge in [-0.25, -0.2) is 4.79 Å². The molecular weight excluding hydrogens is 226 g/mol. The third kappa shape index (κ3) is 2.01. The van der Waals surface area contributed by atoms with Crippen molar-refractivity contribution >= 4 is 5.97 Å². The highest BCUT2D eigenvalue weighted by Crippen LogP contribution is 2.28. The lowest BCUT2D eigenvalue weighted by Gasteiger charge is -2.06. The maximum absolute atomic E-state index is 11.3. The molecule has 0 radical (unpaired) electrons. The van der Waals surface area contributed by atoms with Crippen molar-refractivity contribution in [2.45, 2.75) is 13.8 Å². The normalized spacial score (nSPS) is 10.1. The van der Waals surface area contributed by atoms with E-state index in [4.69, 9.17) is 6.42 Å². The molecule has 1 heterocycles. The Labute approximate surface area is 105 Å². The number of nitrogens with one attached hydrogen (secondary N) is 1. The summed E-state index contributed by atoms with van der Waals surface area (Å²) in [5.41, 5.74) is 4.39. The van der Waals surface area contributed by atoms with Gasteiger partial charge in [-0.1, -0.05) is 5.92 Å². The molecule has 0 aliphatic carbocycles. The van der Waals surface area contributed by atoms with E-state index in [0.29, 0.717) is 11.1 Å². The molecule has 0 saturated heterocycles. The average molecular weight is 239 g/mol. The maximum atomic E-state index is 11.3. The van der Waals surface area contributed by atoms with Crippen LogP contribution in [0.4, 0.5) is 0 Å². The van der Waals surface area contributed by atoms with Gasteiger partial charge in [-0.15, -0.1) is 6.42 Å². The van der Waals surface area contributed by atoms with Crippen molar-refractivity contribution in [3.8, 4) is 23.5 Å². The minimum atomic E-state index is -0.952. The minimum absolute atomic E-state index is 0.260. The van der Waals surface area contributed by atoms with Crippen molar-refractivity contribution in [2.24, 2.45) is 0 Å². The highest BCUT2D eigenvalue weighted by molar-refractivity contribution is 5.96. The molecule has 1 aromatic carbocycles. The number of terminal acetylenes is 1. The fraction of sp³-hybridized carbons (Fsp3) is 0.133. The number of hydrogen-bond donors (Lipinski definition) is 2. The predicted molar refractivity (Wildman–Crippen MR) is 70.6 cm³/mol. The third-order valence-electron chi connectivity index (χ3n) is 2.86. The number of aryl methyl sites for hydroxylation is 2. The Bertz CT molecular complexity index is 660. The van der Waals surface area contributed by atoms with Crippen molar-refractivity contribution in [3.63, 3.8) is 0 Å². The van der Waals surface area contributed by atoms with Gasteiger partial charge >= 0.3 is 5.97 Å². The van der Waals surface area contributed by atoms with Crippen LogP contribution < -0.4 is 0 Å². The van der Waals surface area contributed by atoms with E-state index in [9.17, 15) is 9.90 Å². The van der Waals surface area contributed by atoms with E-state index >= 15 is 0 Å². The number of carbonyl (C=O) groups is 1. The lowest BCUT2D eigenvalue weighted by molar-refractivity contribution is 0.0698. The summed E-state index contributed by atoms with van der Waals surface area (Å²) in [6, 6.07) is 6.85. The first-order chi connectivity index (χ1) is 8.52. The van der Waals surface area contributed by atoms with Gasteiger partial charge in [0.1, 0.15) is 0 Å². The van der Waals surface area contributed by atoms with Gasteiger partial charge in [0.2, 0.25) is 0 Å². The molecule has 3 nitrogen and oxygen atoms in total. The molecule has 2 rings (SSSR count). The monoisotopic (exact) mass is 239 g/mol. The minimum Gasteiger partial charge on any atom is -0.478 e. The molecule has 0 fully saturated rings. The van der Waals surface area contributed by atoms with Crippen LogP contribution in [0.3, 0.4) is 0 Å². The Balaban J connectivity index is 2.72. The van der Waals surface area contributed by atoms with Crippen LogP contribution in [0, 0.1) is 26.2 Å². The van der Waals surface area contributed by atoms with E-state index in [0.717, 1.165) is 17.0 Å². The van der Waals surface area contributed by atoms with Gasteiger partial charge in [-0.2, -0.15) is 0 Å². The topological polar surface area (TPSA) is 53.1 Å². The van der Waals surface area contributed by atoms with E-state index in [2.05, 4.69) is 10.9 Å². The van der Waals surface area contributed by atoms with E-state index in [-0.39, 0.29) is 5.56 Å². The Kier molecular flexibility index (Phi) is 2.95. The molecule has 1 aromatic heterocycles. The number of aromatic nitrogens is 1. The predicted octanol–water partition coefficient (Wildman–Crippen LogP) is 2.98. The van der Waals surface area contributed by atoms with E-state index in [1.165, 1.54) is 0 Å². The number of benzene rings is 1. The van der Waals surface area contributed by atoms with Crippen molar-refractivity contribution < 1.29 is 9.90 Å². The summed E-state index contributed by atoms with van der Waals surface area (Å²) in [5, 5.41) is 9.23. The van der Waals surface area contributed by atoms with Gasteiger partial charge < -0.3 is 10.1 Å². The highest BCUT2D eigenvalue weighted by Gasteiger charge is 2.15. The number of carboxylic acid groups (broad SMARTS) is 1. The third-order valence-corrected chi connectivity index (χ3v) is 2.86. The van der Waals surface area contributed by atoms with E-state index in [1.54, 1.807) is 18.2 Å². The summed E-state index contributed by atoms with van der Waals surface area (Å²) in [4.78, 5) is 14.4. The standard InChI is InChI=1S/C15H13NO2/c1-4-11-5-6-12(15(17)18)14(8-11)13-7-9(2)16-10(13)3/h1,5-8,16H,2-3H3,(H,17,18). The zero-order valence-electron chi connectivity index (χ0n) is 10.2. The van der Waals surface area contributed by atoms with Crippen LogP contribution in [0.1, 0.15) is 27.3 Å². The van der Waals surface area contributed by atoms with Gasteiger partial charge in [0, 0.05) is 22.5 Å². The SMILES string of the molecule is C#Cc1ccc(C(=O)O)c(-c2cc(C)[nH]c2C)c1. The quantitative estimate of drug-likeness (QED) is 0.791. The van der Waals surface area contributed by atoms with Crippen LogP contribution in [-0.4, -0.2) is 16.1 Å². The van der Waals surface area contributed by atoms with Crippen LogP contribution >= 0.6 is 0 Å². The maximum Gasteiger partial charge on any atom is 0.336 e. The Morgan fingerprint density at radius 3 is 2.50 bits per heavy atom. The Morgan fingerprint density at radius 1 is 1.28 bits per heavy atom. The second kappa shape index (κ2) is 4.42. The highest BCUT2D eigenvalue weighted by atomic mass is 16.4. The van der Waals surface area contributed by atoms with Crippen molar-refractivity contribution in [3.05, 3.63) is 46.8 Å². The molecule has 18 heavy (non-hydrogen) atoms. The van der Waals surface area contributed by atoms with E-state index < -0.39 is 5.97 Å². The van der Waals surface area contributed by atoms with Gasteiger partial charge in [-0.05, 0) is 43.7 Å². The Hall–Kier alpha value is -2.47. The second-order valence-electron chi connectivity index (χ2n) is 4.20. The number of aromatic carboxylic acids is 1. The molecular formula is C15H13NO2. The van der Waals surface area contributed by atoms with Crippen LogP contribution in [0.25, 0.3) is 11.1 Å². The molecule has 90 valence electrons. The molecule has 0 unspecified atom stereocenters. The van der Waals surface area contributed by atoms with Gasteiger partial charge in [0.25, 0.3) is 0 Å². The van der Waals surface area contributed by atoms with Gasteiger partial charge in [0.05, 0.1) is 5.56 Å². The van der Waals surface area contributed by atoms with Crippen LogP contribution in [0.5, 0.6) is 0 Å². The van der Waals surface area contributed by atoms with Gasteiger partial charge in [-0.3, -0.25) is 0 Å². The number of aromatic amines is 1.